The summed E-state index contributed by atoms with van der Waals surface area (Å²) < 4.78 is 0. The van der Waals surface area contributed by atoms with Crippen LogP contribution in [-0.2, 0) is 16.1 Å². The Morgan fingerprint density at radius 2 is 1.61 bits per heavy atom. The van der Waals surface area contributed by atoms with Crippen LogP contribution >= 0.6 is 0 Å². The first-order chi connectivity index (χ1) is 15.8. The van der Waals surface area contributed by atoms with E-state index in [9.17, 15) is 29.8 Å². The molecule has 0 aliphatic heterocycles. The number of anilines is 1. The van der Waals surface area contributed by atoms with Gasteiger partial charge in [0.25, 0.3) is 11.4 Å². The van der Waals surface area contributed by atoms with Crippen molar-refractivity contribution < 1.29 is 24.3 Å². The number of benzene rings is 3. The topological polar surface area (TPSA) is 166 Å². The molecule has 1 amide bonds. The van der Waals surface area contributed by atoms with Crippen molar-refractivity contribution in [1.82, 2.24) is 0 Å². The van der Waals surface area contributed by atoms with Crippen LogP contribution in [0.2, 0.25) is 0 Å². The monoisotopic (exact) mass is 449 g/mol. The fraction of sp³-hybridized carbons (Fsp3) is 0.0476. The Bertz CT molecular complexity index is 1230. The third-order valence-electron chi connectivity index (χ3n) is 4.22. The molecule has 0 unspecified atom stereocenters. The number of rotatable bonds is 8. The first-order valence-electron chi connectivity index (χ1n) is 9.32. The van der Waals surface area contributed by atoms with E-state index in [2.05, 4.69) is 15.7 Å². The van der Waals surface area contributed by atoms with Crippen molar-refractivity contribution >= 4 is 34.6 Å². The molecule has 0 spiro atoms. The van der Waals surface area contributed by atoms with Crippen LogP contribution in [0, 0.1) is 20.2 Å². The van der Waals surface area contributed by atoms with Gasteiger partial charge < -0.3 is 4.84 Å². The van der Waals surface area contributed by atoms with Gasteiger partial charge >= 0.3 is 11.9 Å². The summed E-state index contributed by atoms with van der Waals surface area (Å²) in [6, 6.07) is 17.6. The first-order valence-corrected chi connectivity index (χ1v) is 9.32. The molecule has 166 valence electrons. The van der Waals surface area contributed by atoms with E-state index in [4.69, 9.17) is 4.84 Å². The number of nitro benzene ring substituents is 2. The molecule has 0 heterocycles. The molecule has 0 saturated heterocycles. The van der Waals surface area contributed by atoms with Crippen molar-refractivity contribution in [1.29, 1.82) is 0 Å². The molecule has 0 fully saturated rings. The van der Waals surface area contributed by atoms with Gasteiger partial charge in [-0.2, -0.15) is 0 Å². The molecule has 0 saturated carbocycles. The average Bonchev–Trinajstić information content (AvgIpc) is 2.82. The number of nitrogens with zero attached hydrogens (tertiary/aromatic N) is 4. The summed E-state index contributed by atoms with van der Waals surface area (Å²) in [5, 5.41) is 29.1. The van der Waals surface area contributed by atoms with E-state index in [1.165, 1.54) is 24.3 Å². The Morgan fingerprint density at radius 3 is 2.24 bits per heavy atom. The zero-order chi connectivity index (χ0) is 23.8. The zero-order valence-electron chi connectivity index (χ0n) is 16.8. The Hall–Kier alpha value is -5.00. The molecule has 12 nitrogen and oxygen atoms in total. The minimum absolute atomic E-state index is 0.0943. The highest BCUT2D eigenvalue weighted by atomic mass is 16.7. The molecule has 33 heavy (non-hydrogen) atoms. The molecular formula is C21H15N5O7. The van der Waals surface area contributed by atoms with Gasteiger partial charge in [0.15, 0.2) is 0 Å². The van der Waals surface area contributed by atoms with Crippen molar-refractivity contribution in [3.63, 3.8) is 0 Å². The summed E-state index contributed by atoms with van der Waals surface area (Å²) in [5.74, 6) is -1.52. The fourth-order valence-electron chi connectivity index (χ4n) is 2.63. The van der Waals surface area contributed by atoms with E-state index in [0.717, 1.165) is 17.7 Å². The first kappa shape index (κ1) is 22.7. The largest absolute Gasteiger partial charge is 0.343 e. The summed E-state index contributed by atoms with van der Waals surface area (Å²) in [7, 11) is 0. The highest BCUT2D eigenvalue weighted by Gasteiger charge is 2.24. The molecule has 3 aromatic rings. The van der Waals surface area contributed by atoms with Crippen LogP contribution in [0.1, 0.15) is 15.9 Å². The van der Waals surface area contributed by atoms with Crippen LogP contribution in [0.15, 0.2) is 83.0 Å². The second-order valence-electron chi connectivity index (χ2n) is 6.51. The minimum atomic E-state index is -1.03. The van der Waals surface area contributed by atoms with Gasteiger partial charge in [-0.05, 0) is 35.9 Å². The summed E-state index contributed by atoms with van der Waals surface area (Å²) in [6.07, 6.45) is 0.0943. The van der Waals surface area contributed by atoms with Crippen LogP contribution < -0.4 is 5.48 Å². The van der Waals surface area contributed by atoms with Crippen molar-refractivity contribution in [2.45, 2.75) is 6.42 Å². The molecule has 3 aromatic carbocycles. The summed E-state index contributed by atoms with van der Waals surface area (Å²) in [5.41, 5.74) is 2.28. The molecule has 0 bridgehead atoms. The Kier molecular flexibility index (Phi) is 7.11. The van der Waals surface area contributed by atoms with E-state index in [1.54, 1.807) is 12.1 Å². The predicted octanol–water partition coefficient (Wildman–Crippen LogP) is 4.54. The second-order valence-corrected chi connectivity index (χ2v) is 6.51. The number of carbonyl (C=O) groups excluding carboxylic acids is 2. The maximum Gasteiger partial charge on any atom is 0.336 e. The van der Waals surface area contributed by atoms with Gasteiger partial charge in [-0.3, -0.25) is 25.0 Å². The zero-order valence-corrected chi connectivity index (χ0v) is 16.8. The van der Waals surface area contributed by atoms with Crippen LogP contribution in [0.25, 0.3) is 0 Å². The number of amides is 1. The molecular weight excluding hydrogens is 434 g/mol. The SMILES string of the molecule is O=C(Cc1ccccc1)ONc1ccc(N=NC(=O)c2ccc([N+](=O)[O-])cc2[N+](=O)[O-])cc1. The normalized spacial score (nSPS) is 10.5. The standard InChI is InChI=1S/C21H15N5O7/c27-20(12-14-4-2-1-3-5-14)33-24-16-8-6-15(7-9-16)22-23-21(28)18-11-10-17(25(29)30)13-19(18)26(31)32/h1-11,13,24H,12H2. The lowest BCUT2D eigenvalue weighted by molar-refractivity contribution is -0.394. The van der Waals surface area contributed by atoms with Crippen molar-refractivity contribution in [2.24, 2.45) is 10.2 Å². The average molecular weight is 449 g/mol. The third kappa shape index (κ3) is 6.24. The lowest BCUT2D eigenvalue weighted by atomic mass is 10.1. The molecule has 0 atom stereocenters. The van der Waals surface area contributed by atoms with Crippen LogP contribution in [0.3, 0.4) is 0 Å². The van der Waals surface area contributed by atoms with E-state index in [0.29, 0.717) is 11.8 Å². The van der Waals surface area contributed by atoms with Gasteiger partial charge in [-0.25, -0.2) is 10.3 Å². The van der Waals surface area contributed by atoms with Crippen molar-refractivity contribution in [3.05, 3.63) is 104 Å². The number of nitrogens with one attached hydrogen (secondary N) is 1. The quantitative estimate of drug-likeness (QED) is 0.297. The smallest absolute Gasteiger partial charge is 0.336 e. The van der Waals surface area contributed by atoms with Gasteiger partial charge in [-0.15, -0.1) is 10.2 Å². The molecule has 0 radical (unpaired) electrons. The third-order valence-corrected chi connectivity index (χ3v) is 4.22. The summed E-state index contributed by atoms with van der Waals surface area (Å²) in [6.45, 7) is 0. The van der Waals surface area contributed by atoms with Crippen LogP contribution in [0.4, 0.5) is 22.7 Å². The predicted molar refractivity (Wildman–Crippen MR) is 115 cm³/mol. The Morgan fingerprint density at radius 1 is 0.909 bits per heavy atom. The van der Waals surface area contributed by atoms with E-state index < -0.39 is 38.7 Å². The summed E-state index contributed by atoms with van der Waals surface area (Å²) in [4.78, 5) is 49.3. The number of azo groups is 1. The van der Waals surface area contributed by atoms with Gasteiger partial charge in [0.1, 0.15) is 5.56 Å². The number of non-ortho nitro benzene ring substituents is 1. The maximum absolute atomic E-state index is 12.2. The molecule has 0 aliphatic rings. The number of hydrogen-bond acceptors (Lipinski definition) is 9. The summed E-state index contributed by atoms with van der Waals surface area (Å²) >= 11 is 0. The lowest BCUT2D eigenvalue weighted by Gasteiger charge is -2.07. The van der Waals surface area contributed by atoms with Gasteiger partial charge in [0, 0.05) is 6.07 Å². The fourth-order valence-corrected chi connectivity index (χ4v) is 2.63. The highest BCUT2D eigenvalue weighted by molar-refractivity contribution is 5.99. The van der Waals surface area contributed by atoms with Gasteiger partial charge in [0.05, 0.1) is 33.7 Å². The van der Waals surface area contributed by atoms with Crippen molar-refractivity contribution in [2.75, 3.05) is 5.48 Å². The highest BCUT2D eigenvalue weighted by Crippen LogP contribution is 2.26. The molecule has 0 aromatic heterocycles. The van der Waals surface area contributed by atoms with Gasteiger partial charge in [-0.1, -0.05) is 30.3 Å². The van der Waals surface area contributed by atoms with Crippen LogP contribution in [0.5, 0.6) is 0 Å². The van der Waals surface area contributed by atoms with Crippen LogP contribution in [-0.4, -0.2) is 21.7 Å². The number of carbonyl (C=O) groups is 2. The molecule has 12 heteroatoms. The lowest BCUT2D eigenvalue weighted by Crippen LogP contribution is -2.12. The molecule has 0 aliphatic carbocycles. The number of hydrogen-bond donors (Lipinski definition) is 1. The second kappa shape index (κ2) is 10.3. The van der Waals surface area contributed by atoms with Gasteiger partial charge in [0.2, 0.25) is 0 Å². The molecule has 3 rings (SSSR count). The van der Waals surface area contributed by atoms with E-state index in [1.807, 2.05) is 18.2 Å². The Balaban J connectivity index is 1.61. The minimum Gasteiger partial charge on any atom is -0.343 e. The Labute approximate surface area is 185 Å². The van der Waals surface area contributed by atoms with Crippen molar-refractivity contribution in [3.8, 4) is 0 Å². The van der Waals surface area contributed by atoms with E-state index >= 15 is 0 Å². The van der Waals surface area contributed by atoms with E-state index in [-0.39, 0.29) is 12.1 Å². The molecule has 1 N–H and O–H groups in total. The maximum atomic E-state index is 12.2. The number of nitro groups is 2.